The van der Waals surface area contributed by atoms with Crippen molar-refractivity contribution in [2.75, 3.05) is 25.2 Å². The van der Waals surface area contributed by atoms with Crippen molar-refractivity contribution in [3.05, 3.63) is 65.7 Å². The molecule has 1 fully saturated rings. The molecule has 0 amide bonds. The van der Waals surface area contributed by atoms with Crippen molar-refractivity contribution >= 4 is 26.8 Å². The molecule has 148 valence electrons. The van der Waals surface area contributed by atoms with Gasteiger partial charge in [0, 0.05) is 12.3 Å². The van der Waals surface area contributed by atoms with Gasteiger partial charge in [-0.15, -0.1) is 0 Å². The number of sulfone groups is 1. The monoisotopic (exact) mass is 416 g/mol. The van der Waals surface area contributed by atoms with Crippen LogP contribution in [-0.2, 0) is 22.0 Å². The number of hydrogen-bond acceptors (Lipinski definition) is 6. The molecule has 0 aromatic heterocycles. The van der Waals surface area contributed by atoms with Crippen LogP contribution in [-0.4, -0.2) is 55.7 Å². The van der Waals surface area contributed by atoms with E-state index < -0.39 is 9.84 Å². The van der Waals surface area contributed by atoms with Gasteiger partial charge in [-0.05, 0) is 29.7 Å². The Morgan fingerprint density at radius 1 is 1.07 bits per heavy atom. The number of benzene rings is 2. The van der Waals surface area contributed by atoms with Gasteiger partial charge in [0.25, 0.3) is 0 Å². The second kappa shape index (κ2) is 8.17. The number of nitrogens with zero attached hydrogens (tertiary/aromatic N) is 2. The first-order valence-corrected chi connectivity index (χ1v) is 12.2. The van der Waals surface area contributed by atoms with Crippen LogP contribution in [0.2, 0.25) is 0 Å². The molecule has 2 aromatic carbocycles. The first-order valence-electron chi connectivity index (χ1n) is 9.38. The van der Waals surface area contributed by atoms with Gasteiger partial charge in [-0.2, -0.15) is 0 Å². The quantitative estimate of drug-likeness (QED) is 0.725. The number of ether oxygens (including phenoxy) is 1. The molecule has 0 saturated carbocycles. The average molecular weight is 417 g/mol. The fourth-order valence-corrected chi connectivity index (χ4v) is 6.70. The van der Waals surface area contributed by atoms with Crippen molar-refractivity contribution in [1.29, 1.82) is 0 Å². The maximum absolute atomic E-state index is 12.1. The lowest BCUT2D eigenvalue weighted by atomic mass is 10.1. The van der Waals surface area contributed by atoms with Gasteiger partial charge in [0.2, 0.25) is 0 Å². The molecule has 2 unspecified atom stereocenters. The van der Waals surface area contributed by atoms with Crippen LogP contribution >= 0.6 is 11.8 Å². The summed E-state index contributed by atoms with van der Waals surface area (Å²) >= 11 is 1.69. The number of rotatable bonds is 6. The summed E-state index contributed by atoms with van der Waals surface area (Å²) in [6.07, 6.45) is 0.881. The summed E-state index contributed by atoms with van der Waals surface area (Å²) in [5.74, 6) is 2.03. The SMILES string of the molecule is COc1ccc(CSC2=NC3CS(=O)(=O)CC3N2CCc2ccccc2)cc1. The highest BCUT2D eigenvalue weighted by atomic mass is 32.2. The molecule has 0 aliphatic carbocycles. The van der Waals surface area contributed by atoms with Crippen LogP contribution in [0.5, 0.6) is 5.75 Å². The Hall–Kier alpha value is -1.99. The number of fused-ring (bicyclic) bond motifs is 1. The molecule has 2 aliphatic rings. The van der Waals surface area contributed by atoms with Gasteiger partial charge >= 0.3 is 0 Å². The van der Waals surface area contributed by atoms with E-state index in [4.69, 9.17) is 9.73 Å². The molecule has 0 spiro atoms. The predicted molar refractivity (Wildman–Crippen MR) is 115 cm³/mol. The van der Waals surface area contributed by atoms with E-state index in [0.717, 1.165) is 29.6 Å². The Labute approximate surface area is 170 Å². The topological polar surface area (TPSA) is 59.0 Å². The molecular weight excluding hydrogens is 392 g/mol. The second-order valence-corrected chi connectivity index (χ2v) is 10.3. The third-order valence-electron chi connectivity index (χ3n) is 5.23. The second-order valence-electron chi connectivity index (χ2n) is 7.19. The summed E-state index contributed by atoms with van der Waals surface area (Å²) in [5, 5.41) is 0.969. The number of aliphatic imine (C=N–C) groups is 1. The molecule has 7 heteroatoms. The molecule has 5 nitrogen and oxygen atoms in total. The molecule has 2 aliphatic heterocycles. The lowest BCUT2D eigenvalue weighted by molar-refractivity contribution is 0.352. The number of hydrogen-bond donors (Lipinski definition) is 0. The Bertz CT molecular complexity index is 943. The summed E-state index contributed by atoms with van der Waals surface area (Å²) in [7, 11) is -1.33. The first-order chi connectivity index (χ1) is 13.5. The van der Waals surface area contributed by atoms with Crippen molar-refractivity contribution in [1.82, 2.24) is 4.90 Å². The van der Waals surface area contributed by atoms with E-state index in [-0.39, 0.29) is 23.6 Å². The minimum absolute atomic E-state index is 0.0212. The molecule has 4 rings (SSSR count). The lowest BCUT2D eigenvalue weighted by Gasteiger charge is -2.26. The molecule has 0 radical (unpaired) electrons. The lowest BCUT2D eigenvalue weighted by Crippen LogP contribution is -2.40. The van der Waals surface area contributed by atoms with Gasteiger partial charge in [-0.3, -0.25) is 4.99 Å². The number of amidine groups is 1. The Kier molecular flexibility index (Phi) is 5.64. The van der Waals surface area contributed by atoms with E-state index in [1.807, 2.05) is 30.3 Å². The van der Waals surface area contributed by atoms with Gasteiger partial charge in [0.1, 0.15) is 5.75 Å². The fourth-order valence-electron chi connectivity index (χ4n) is 3.73. The van der Waals surface area contributed by atoms with Gasteiger partial charge < -0.3 is 9.64 Å². The maximum atomic E-state index is 12.1. The van der Waals surface area contributed by atoms with Gasteiger partial charge in [0.05, 0.1) is 30.7 Å². The van der Waals surface area contributed by atoms with Crippen LogP contribution in [0.15, 0.2) is 59.6 Å². The van der Waals surface area contributed by atoms with Crippen molar-refractivity contribution in [2.45, 2.75) is 24.3 Å². The van der Waals surface area contributed by atoms with Gasteiger partial charge in [-0.25, -0.2) is 8.42 Å². The zero-order valence-electron chi connectivity index (χ0n) is 15.8. The summed E-state index contributed by atoms with van der Waals surface area (Å²) in [6.45, 7) is 0.787. The van der Waals surface area contributed by atoms with Crippen LogP contribution in [0.25, 0.3) is 0 Å². The van der Waals surface area contributed by atoms with E-state index in [1.165, 1.54) is 11.1 Å². The van der Waals surface area contributed by atoms with Crippen molar-refractivity contribution in [3.63, 3.8) is 0 Å². The van der Waals surface area contributed by atoms with Gasteiger partial charge in [0.15, 0.2) is 15.0 Å². The van der Waals surface area contributed by atoms with Crippen LogP contribution in [0, 0.1) is 0 Å². The molecule has 2 aromatic rings. The third kappa shape index (κ3) is 4.36. The van der Waals surface area contributed by atoms with Crippen molar-refractivity contribution < 1.29 is 13.2 Å². The normalized spacial score (nSPS) is 22.8. The first kappa shape index (κ1) is 19.3. The van der Waals surface area contributed by atoms with Crippen molar-refractivity contribution in [3.8, 4) is 5.75 Å². The van der Waals surface area contributed by atoms with E-state index in [1.54, 1.807) is 18.9 Å². The standard InChI is InChI=1S/C21H24N2O3S2/c1-26-18-9-7-17(8-10-18)13-27-21-22-19-14-28(24,25)15-20(19)23(21)12-11-16-5-3-2-4-6-16/h2-10,19-20H,11-15H2,1H3. The summed E-state index contributed by atoms with van der Waals surface area (Å²) < 4.78 is 29.4. The Balaban J connectivity index is 1.46. The minimum Gasteiger partial charge on any atom is -0.497 e. The third-order valence-corrected chi connectivity index (χ3v) is 8.00. The molecule has 2 atom stereocenters. The van der Waals surface area contributed by atoms with Crippen LogP contribution in [0.3, 0.4) is 0 Å². The van der Waals surface area contributed by atoms with Crippen LogP contribution in [0.1, 0.15) is 11.1 Å². The number of methoxy groups -OCH3 is 1. The maximum Gasteiger partial charge on any atom is 0.160 e. The predicted octanol–water partition coefficient (Wildman–Crippen LogP) is 3.01. The number of thioether (sulfide) groups is 1. The summed E-state index contributed by atoms with van der Waals surface area (Å²) in [4.78, 5) is 7.01. The van der Waals surface area contributed by atoms with Crippen molar-refractivity contribution in [2.24, 2.45) is 4.99 Å². The average Bonchev–Trinajstić information content (AvgIpc) is 3.17. The zero-order valence-corrected chi connectivity index (χ0v) is 17.5. The Morgan fingerprint density at radius 2 is 1.82 bits per heavy atom. The molecule has 1 saturated heterocycles. The van der Waals surface area contributed by atoms with Crippen LogP contribution in [0.4, 0.5) is 0 Å². The van der Waals surface area contributed by atoms with Crippen LogP contribution < -0.4 is 4.74 Å². The van der Waals surface area contributed by atoms with E-state index in [9.17, 15) is 8.42 Å². The smallest absolute Gasteiger partial charge is 0.160 e. The zero-order chi connectivity index (χ0) is 19.6. The molecule has 2 heterocycles. The summed E-state index contributed by atoms with van der Waals surface area (Å²) in [6, 6.07) is 18.2. The Morgan fingerprint density at radius 3 is 2.54 bits per heavy atom. The molecule has 28 heavy (non-hydrogen) atoms. The highest BCUT2D eigenvalue weighted by Crippen LogP contribution is 2.32. The van der Waals surface area contributed by atoms with E-state index in [0.29, 0.717) is 0 Å². The minimum atomic E-state index is -2.99. The van der Waals surface area contributed by atoms with E-state index >= 15 is 0 Å². The van der Waals surface area contributed by atoms with E-state index in [2.05, 4.69) is 29.2 Å². The highest BCUT2D eigenvalue weighted by Gasteiger charge is 2.46. The fraction of sp³-hybridized carbons (Fsp3) is 0.381. The largest absolute Gasteiger partial charge is 0.497 e. The molecule has 0 N–H and O–H groups in total. The van der Waals surface area contributed by atoms with Gasteiger partial charge in [-0.1, -0.05) is 54.2 Å². The molecular formula is C21H24N2O3S2. The summed E-state index contributed by atoms with van der Waals surface area (Å²) in [5.41, 5.74) is 2.45. The highest BCUT2D eigenvalue weighted by molar-refractivity contribution is 8.13. The molecule has 0 bridgehead atoms.